The van der Waals surface area contributed by atoms with Crippen LogP contribution in [-0.4, -0.2) is 37.8 Å². The number of hydrogen-bond donors (Lipinski definition) is 1. The van der Waals surface area contributed by atoms with Crippen molar-refractivity contribution in [1.82, 2.24) is 24.7 Å². The van der Waals surface area contributed by atoms with Crippen molar-refractivity contribution < 1.29 is 0 Å². The van der Waals surface area contributed by atoms with E-state index in [-0.39, 0.29) is 5.95 Å². The molecule has 0 spiro atoms. The van der Waals surface area contributed by atoms with Crippen LogP contribution >= 0.6 is 0 Å². The minimum atomic E-state index is 0.130. The molecule has 2 aromatic rings. The van der Waals surface area contributed by atoms with Crippen molar-refractivity contribution in [3.63, 3.8) is 0 Å². The van der Waals surface area contributed by atoms with Crippen molar-refractivity contribution in [3.8, 4) is 12.0 Å². The van der Waals surface area contributed by atoms with E-state index in [9.17, 15) is 0 Å². The SMILES string of the molecule is CCN(CCC#N)c1nc(N)nc(-n2cccn2)n1. The number of nitriles is 1. The van der Waals surface area contributed by atoms with Crippen LogP contribution < -0.4 is 10.6 Å². The monoisotopic (exact) mass is 258 g/mol. The van der Waals surface area contributed by atoms with Gasteiger partial charge in [-0.1, -0.05) is 0 Å². The van der Waals surface area contributed by atoms with E-state index in [4.69, 9.17) is 11.0 Å². The first-order valence-corrected chi connectivity index (χ1v) is 5.88. The van der Waals surface area contributed by atoms with Crippen LogP contribution in [0.1, 0.15) is 13.3 Å². The van der Waals surface area contributed by atoms with E-state index in [2.05, 4.69) is 26.1 Å². The summed E-state index contributed by atoms with van der Waals surface area (Å²) in [6.07, 6.45) is 3.76. The zero-order chi connectivity index (χ0) is 13.7. The average molecular weight is 258 g/mol. The fraction of sp³-hybridized carbons (Fsp3) is 0.364. The third-order valence-corrected chi connectivity index (χ3v) is 2.50. The van der Waals surface area contributed by atoms with Gasteiger partial charge < -0.3 is 10.6 Å². The Balaban J connectivity index is 2.33. The minimum Gasteiger partial charge on any atom is -0.368 e. The Labute approximate surface area is 110 Å². The molecule has 0 saturated carbocycles. The molecule has 98 valence electrons. The Morgan fingerprint density at radius 2 is 2.26 bits per heavy atom. The summed E-state index contributed by atoms with van der Waals surface area (Å²) in [4.78, 5) is 14.3. The van der Waals surface area contributed by atoms with Crippen LogP contribution in [0.5, 0.6) is 0 Å². The van der Waals surface area contributed by atoms with Crippen molar-refractivity contribution >= 4 is 11.9 Å². The number of aromatic nitrogens is 5. The van der Waals surface area contributed by atoms with E-state index < -0.39 is 0 Å². The topological polar surface area (TPSA) is 110 Å². The second kappa shape index (κ2) is 5.77. The molecule has 19 heavy (non-hydrogen) atoms. The molecule has 0 fully saturated rings. The average Bonchev–Trinajstić information content (AvgIpc) is 2.93. The lowest BCUT2D eigenvalue weighted by atomic mass is 10.4. The van der Waals surface area contributed by atoms with Gasteiger partial charge in [-0.15, -0.1) is 0 Å². The predicted molar refractivity (Wildman–Crippen MR) is 69.5 cm³/mol. The second-order valence-electron chi connectivity index (χ2n) is 3.73. The summed E-state index contributed by atoms with van der Waals surface area (Å²) in [5.41, 5.74) is 5.69. The molecule has 0 bridgehead atoms. The third-order valence-electron chi connectivity index (χ3n) is 2.50. The first-order chi connectivity index (χ1) is 9.24. The van der Waals surface area contributed by atoms with Gasteiger partial charge in [-0.2, -0.15) is 25.3 Å². The highest BCUT2D eigenvalue weighted by Crippen LogP contribution is 2.11. The van der Waals surface area contributed by atoms with Gasteiger partial charge >= 0.3 is 0 Å². The second-order valence-corrected chi connectivity index (χ2v) is 3.73. The molecule has 2 N–H and O–H groups in total. The van der Waals surface area contributed by atoms with Crippen LogP contribution in [0.2, 0.25) is 0 Å². The van der Waals surface area contributed by atoms with E-state index in [1.54, 1.807) is 18.5 Å². The van der Waals surface area contributed by atoms with Gasteiger partial charge in [-0.3, -0.25) is 0 Å². The summed E-state index contributed by atoms with van der Waals surface area (Å²) in [5.74, 6) is 0.949. The number of nitrogens with zero attached hydrogens (tertiary/aromatic N) is 7. The van der Waals surface area contributed by atoms with Gasteiger partial charge in [-0.25, -0.2) is 4.68 Å². The Hall–Kier alpha value is -2.69. The van der Waals surface area contributed by atoms with Crippen molar-refractivity contribution in [2.24, 2.45) is 0 Å². The molecule has 0 unspecified atom stereocenters. The van der Waals surface area contributed by atoms with Gasteiger partial charge in [0.2, 0.25) is 11.9 Å². The molecule has 0 aliphatic rings. The lowest BCUT2D eigenvalue weighted by Gasteiger charge is -2.19. The van der Waals surface area contributed by atoms with Crippen LogP contribution in [-0.2, 0) is 0 Å². The number of nitrogen functional groups attached to an aromatic ring is 1. The molecule has 0 aliphatic heterocycles. The van der Waals surface area contributed by atoms with Crippen LogP contribution in [0.25, 0.3) is 5.95 Å². The molecule has 0 radical (unpaired) electrons. The Morgan fingerprint density at radius 1 is 1.42 bits per heavy atom. The van der Waals surface area contributed by atoms with Crippen molar-refractivity contribution in [1.29, 1.82) is 5.26 Å². The van der Waals surface area contributed by atoms with Crippen molar-refractivity contribution in [2.75, 3.05) is 23.7 Å². The lowest BCUT2D eigenvalue weighted by Crippen LogP contribution is -2.27. The minimum absolute atomic E-state index is 0.130. The van der Waals surface area contributed by atoms with Crippen LogP contribution in [0, 0.1) is 11.3 Å². The molecule has 2 heterocycles. The smallest absolute Gasteiger partial charge is 0.257 e. The van der Waals surface area contributed by atoms with Gasteiger partial charge in [0.15, 0.2) is 0 Å². The number of anilines is 2. The first kappa shape index (κ1) is 12.8. The quantitative estimate of drug-likeness (QED) is 0.825. The number of rotatable bonds is 5. The van der Waals surface area contributed by atoms with Gasteiger partial charge in [-0.05, 0) is 13.0 Å². The number of nitrogens with two attached hydrogens (primary N) is 1. The third kappa shape index (κ3) is 2.95. The highest BCUT2D eigenvalue weighted by atomic mass is 15.4. The molecule has 0 saturated heterocycles. The van der Waals surface area contributed by atoms with Crippen molar-refractivity contribution in [2.45, 2.75) is 13.3 Å². The summed E-state index contributed by atoms with van der Waals surface area (Å²) in [6.45, 7) is 3.20. The summed E-state index contributed by atoms with van der Waals surface area (Å²) < 4.78 is 1.51. The van der Waals surface area contributed by atoms with E-state index in [1.807, 2.05) is 11.8 Å². The lowest BCUT2D eigenvalue weighted by molar-refractivity contribution is 0.752. The Morgan fingerprint density at radius 3 is 2.89 bits per heavy atom. The Bertz CT molecular complexity index is 571. The summed E-state index contributed by atoms with van der Waals surface area (Å²) in [7, 11) is 0. The molecular formula is C11H14N8. The molecule has 8 nitrogen and oxygen atoms in total. The molecule has 8 heteroatoms. The molecule has 0 amide bonds. The molecule has 0 aromatic carbocycles. The van der Waals surface area contributed by atoms with E-state index in [1.165, 1.54) is 4.68 Å². The fourth-order valence-electron chi connectivity index (χ4n) is 1.58. The van der Waals surface area contributed by atoms with Gasteiger partial charge in [0.05, 0.1) is 12.5 Å². The van der Waals surface area contributed by atoms with E-state index >= 15 is 0 Å². The Kier molecular flexibility index (Phi) is 3.87. The molecule has 2 aromatic heterocycles. The zero-order valence-corrected chi connectivity index (χ0v) is 10.6. The summed E-state index contributed by atoms with van der Waals surface area (Å²) in [6, 6.07) is 3.87. The zero-order valence-electron chi connectivity index (χ0n) is 10.6. The highest BCUT2D eigenvalue weighted by molar-refractivity contribution is 5.37. The van der Waals surface area contributed by atoms with Crippen LogP contribution in [0.15, 0.2) is 18.5 Å². The summed E-state index contributed by atoms with van der Waals surface area (Å²) in [5, 5.41) is 12.7. The predicted octanol–water partition coefficient (Wildman–Crippen LogP) is 0.379. The van der Waals surface area contributed by atoms with Gasteiger partial charge in [0.25, 0.3) is 5.95 Å². The molecule has 0 atom stereocenters. The molecule has 2 rings (SSSR count). The maximum atomic E-state index is 8.65. The van der Waals surface area contributed by atoms with Gasteiger partial charge in [0.1, 0.15) is 0 Å². The first-order valence-electron chi connectivity index (χ1n) is 5.88. The standard InChI is InChI=1S/C11H14N8/c1-2-18(7-3-5-12)10-15-9(13)16-11(17-10)19-8-4-6-14-19/h4,6,8H,2-3,7H2,1H3,(H2,13,15,16,17). The fourth-order valence-corrected chi connectivity index (χ4v) is 1.58. The van der Waals surface area contributed by atoms with E-state index in [0.29, 0.717) is 31.4 Å². The van der Waals surface area contributed by atoms with E-state index in [0.717, 1.165) is 0 Å². The maximum absolute atomic E-state index is 8.65. The normalized spacial score (nSPS) is 10.1. The summed E-state index contributed by atoms with van der Waals surface area (Å²) >= 11 is 0. The van der Waals surface area contributed by atoms with Gasteiger partial charge in [0, 0.05) is 25.5 Å². The van der Waals surface area contributed by atoms with Crippen molar-refractivity contribution in [3.05, 3.63) is 18.5 Å². The maximum Gasteiger partial charge on any atom is 0.257 e. The van der Waals surface area contributed by atoms with Crippen LogP contribution in [0.3, 0.4) is 0 Å². The highest BCUT2D eigenvalue weighted by Gasteiger charge is 2.12. The molecular weight excluding hydrogens is 244 g/mol. The molecule has 0 aliphatic carbocycles. The number of hydrogen-bond acceptors (Lipinski definition) is 7. The largest absolute Gasteiger partial charge is 0.368 e. The van der Waals surface area contributed by atoms with Crippen LogP contribution in [0.4, 0.5) is 11.9 Å².